The summed E-state index contributed by atoms with van der Waals surface area (Å²) >= 11 is 1.55. The highest BCUT2D eigenvalue weighted by Gasteiger charge is 2.33. The van der Waals surface area contributed by atoms with Crippen LogP contribution in [0.25, 0.3) is 16.8 Å². The molecule has 3 aromatic rings. The van der Waals surface area contributed by atoms with Crippen LogP contribution < -0.4 is 10.1 Å². The van der Waals surface area contributed by atoms with Gasteiger partial charge in [-0.2, -0.15) is 4.98 Å². The number of rotatable bonds is 5. The Hall–Kier alpha value is -3.14. The van der Waals surface area contributed by atoms with Gasteiger partial charge in [-0.3, -0.25) is 14.9 Å². The summed E-state index contributed by atoms with van der Waals surface area (Å²) < 4.78 is 7.20. The van der Waals surface area contributed by atoms with E-state index in [0.717, 1.165) is 11.1 Å². The van der Waals surface area contributed by atoms with Crippen LogP contribution in [0.1, 0.15) is 13.8 Å². The van der Waals surface area contributed by atoms with Crippen molar-refractivity contribution in [1.82, 2.24) is 24.5 Å². The van der Waals surface area contributed by atoms with Crippen LogP contribution in [0.15, 0.2) is 36.7 Å². The molecule has 0 saturated carbocycles. The predicted molar refractivity (Wildman–Crippen MR) is 110 cm³/mol. The second kappa shape index (κ2) is 8.08. The van der Waals surface area contributed by atoms with Crippen LogP contribution in [0.4, 0.5) is 5.95 Å². The van der Waals surface area contributed by atoms with Crippen molar-refractivity contribution >= 4 is 35.2 Å². The molecule has 150 valence electrons. The normalized spacial score (nSPS) is 16.2. The van der Waals surface area contributed by atoms with E-state index in [1.54, 1.807) is 27.4 Å². The number of amides is 2. The molecule has 29 heavy (non-hydrogen) atoms. The molecule has 1 N–H and O–H groups in total. The Bertz CT molecular complexity index is 1070. The molecule has 4 heterocycles. The van der Waals surface area contributed by atoms with Gasteiger partial charge in [-0.1, -0.05) is 0 Å². The van der Waals surface area contributed by atoms with E-state index >= 15 is 0 Å². The zero-order valence-corrected chi connectivity index (χ0v) is 16.8. The number of fused-ring (bicyclic) bond motifs is 1. The molecular formula is C19H20N6O3S. The van der Waals surface area contributed by atoms with Crippen LogP contribution in [0.5, 0.6) is 5.88 Å². The highest BCUT2D eigenvalue weighted by molar-refractivity contribution is 7.99. The molecule has 1 aliphatic rings. The van der Waals surface area contributed by atoms with Crippen molar-refractivity contribution in [2.45, 2.75) is 19.9 Å². The molecule has 4 rings (SSSR count). The first kappa shape index (κ1) is 19.2. The third kappa shape index (κ3) is 3.88. The fourth-order valence-electron chi connectivity index (χ4n) is 3.12. The van der Waals surface area contributed by atoms with E-state index in [-0.39, 0.29) is 17.8 Å². The number of hydrogen-bond acceptors (Lipinski definition) is 7. The topological polar surface area (TPSA) is 102 Å². The summed E-state index contributed by atoms with van der Waals surface area (Å²) in [5.41, 5.74) is 2.30. The quantitative estimate of drug-likeness (QED) is 0.684. The van der Waals surface area contributed by atoms with E-state index in [9.17, 15) is 9.59 Å². The minimum absolute atomic E-state index is 0.121. The Morgan fingerprint density at radius 2 is 2.21 bits per heavy atom. The number of nitrogens with zero attached hydrogens (tertiary/aromatic N) is 5. The minimum Gasteiger partial charge on any atom is -0.478 e. The number of pyridine rings is 2. The number of hydrogen-bond donors (Lipinski definition) is 1. The van der Waals surface area contributed by atoms with Crippen molar-refractivity contribution in [3.05, 3.63) is 36.7 Å². The monoisotopic (exact) mass is 412 g/mol. The average molecular weight is 412 g/mol. The summed E-state index contributed by atoms with van der Waals surface area (Å²) in [6.07, 6.45) is 3.49. The van der Waals surface area contributed by atoms with E-state index in [4.69, 9.17) is 4.74 Å². The lowest BCUT2D eigenvalue weighted by atomic mass is 10.1. The highest BCUT2D eigenvalue weighted by Crippen LogP contribution is 2.28. The first-order valence-corrected chi connectivity index (χ1v) is 10.3. The van der Waals surface area contributed by atoms with Gasteiger partial charge in [-0.05, 0) is 31.2 Å². The van der Waals surface area contributed by atoms with Gasteiger partial charge in [-0.15, -0.1) is 16.9 Å². The van der Waals surface area contributed by atoms with Gasteiger partial charge in [0, 0.05) is 36.2 Å². The second-order valence-electron chi connectivity index (χ2n) is 6.44. The lowest BCUT2D eigenvalue weighted by Gasteiger charge is -2.20. The number of thioether (sulfide) groups is 1. The average Bonchev–Trinajstić information content (AvgIpc) is 3.35. The van der Waals surface area contributed by atoms with E-state index < -0.39 is 6.04 Å². The summed E-state index contributed by atoms with van der Waals surface area (Å²) in [5, 5.41) is 7.08. The summed E-state index contributed by atoms with van der Waals surface area (Å²) in [5.74, 6) is 1.42. The number of aromatic nitrogens is 4. The molecule has 3 aromatic heterocycles. The van der Waals surface area contributed by atoms with Crippen LogP contribution in [0.2, 0.25) is 0 Å². The highest BCUT2D eigenvalue weighted by atomic mass is 32.2. The summed E-state index contributed by atoms with van der Waals surface area (Å²) in [6, 6.07) is 6.97. The van der Waals surface area contributed by atoms with Crippen molar-refractivity contribution in [3.63, 3.8) is 0 Å². The maximum absolute atomic E-state index is 12.6. The number of carbonyl (C=O) groups excluding carboxylic acids is 2. The van der Waals surface area contributed by atoms with Crippen molar-refractivity contribution in [2.75, 3.05) is 23.6 Å². The van der Waals surface area contributed by atoms with Crippen LogP contribution in [0.3, 0.4) is 0 Å². The van der Waals surface area contributed by atoms with Gasteiger partial charge >= 0.3 is 0 Å². The zero-order chi connectivity index (χ0) is 20.4. The number of ether oxygens (including phenoxy) is 1. The second-order valence-corrected chi connectivity index (χ2v) is 7.44. The molecule has 9 nitrogen and oxygen atoms in total. The van der Waals surface area contributed by atoms with Gasteiger partial charge in [0.2, 0.25) is 23.6 Å². The maximum atomic E-state index is 12.6. The van der Waals surface area contributed by atoms with Crippen LogP contribution in [-0.2, 0) is 9.59 Å². The van der Waals surface area contributed by atoms with E-state index in [0.29, 0.717) is 29.8 Å². The van der Waals surface area contributed by atoms with Crippen LogP contribution in [-0.4, -0.2) is 60.6 Å². The number of anilines is 1. The predicted octanol–water partition coefficient (Wildman–Crippen LogP) is 2.05. The fraction of sp³-hybridized carbons (Fsp3) is 0.316. The van der Waals surface area contributed by atoms with Crippen molar-refractivity contribution in [2.24, 2.45) is 0 Å². The van der Waals surface area contributed by atoms with Crippen molar-refractivity contribution in [1.29, 1.82) is 0 Å². The van der Waals surface area contributed by atoms with Crippen molar-refractivity contribution < 1.29 is 14.3 Å². The Morgan fingerprint density at radius 1 is 1.34 bits per heavy atom. The molecule has 1 saturated heterocycles. The molecule has 1 fully saturated rings. The molecule has 0 bridgehead atoms. The number of nitrogens with one attached hydrogen (secondary N) is 1. The minimum atomic E-state index is -0.510. The molecule has 0 spiro atoms. The third-order valence-electron chi connectivity index (χ3n) is 4.52. The van der Waals surface area contributed by atoms with Gasteiger partial charge < -0.3 is 9.64 Å². The first-order valence-electron chi connectivity index (χ1n) is 9.17. The van der Waals surface area contributed by atoms with Crippen molar-refractivity contribution in [3.8, 4) is 17.0 Å². The Morgan fingerprint density at radius 3 is 3.00 bits per heavy atom. The molecular weight excluding hydrogens is 392 g/mol. The van der Waals surface area contributed by atoms with E-state index in [1.165, 1.54) is 6.92 Å². The summed E-state index contributed by atoms with van der Waals surface area (Å²) in [6.45, 7) is 3.89. The summed E-state index contributed by atoms with van der Waals surface area (Å²) in [4.78, 5) is 34.4. The molecule has 2 amide bonds. The van der Waals surface area contributed by atoms with E-state index in [1.807, 2.05) is 37.4 Å². The molecule has 10 heteroatoms. The number of carbonyl (C=O) groups is 2. The Balaban J connectivity index is 1.58. The fourth-order valence-corrected chi connectivity index (χ4v) is 4.34. The standard InChI is InChI=1S/C19H20N6O3S/c1-3-28-18-14(5-4-8-20-18)13-6-7-16-21-19(23-25(16)9-13)22-17(27)15-10-29-11-24(15)12(2)26/h4-9,15H,3,10-11H2,1-2H3,(H,22,23,27)/t15-/m0/s1. The van der Waals surface area contributed by atoms with Gasteiger partial charge in [-0.25, -0.2) is 9.50 Å². The smallest absolute Gasteiger partial charge is 0.250 e. The lowest BCUT2D eigenvalue weighted by Crippen LogP contribution is -2.43. The van der Waals surface area contributed by atoms with Crippen LogP contribution in [0, 0.1) is 0 Å². The molecule has 0 radical (unpaired) electrons. The van der Waals surface area contributed by atoms with Gasteiger partial charge in [0.05, 0.1) is 12.5 Å². The van der Waals surface area contributed by atoms with E-state index in [2.05, 4.69) is 20.4 Å². The molecule has 0 aliphatic carbocycles. The van der Waals surface area contributed by atoms with Gasteiger partial charge in [0.25, 0.3) is 0 Å². The lowest BCUT2D eigenvalue weighted by molar-refractivity contribution is -0.134. The SMILES string of the molecule is CCOc1ncccc1-c1ccc2nc(NC(=O)[C@@H]3CSCN3C(C)=O)nn2c1. The molecule has 1 aliphatic heterocycles. The maximum Gasteiger partial charge on any atom is 0.250 e. The largest absolute Gasteiger partial charge is 0.478 e. The van der Waals surface area contributed by atoms with Crippen LogP contribution >= 0.6 is 11.8 Å². The summed E-state index contributed by atoms with van der Waals surface area (Å²) in [7, 11) is 0. The third-order valence-corrected chi connectivity index (χ3v) is 5.53. The van der Waals surface area contributed by atoms with Gasteiger partial charge in [0.1, 0.15) is 6.04 Å². The van der Waals surface area contributed by atoms with Gasteiger partial charge in [0.15, 0.2) is 5.65 Å². The molecule has 0 aromatic carbocycles. The Labute approximate surface area is 171 Å². The molecule has 0 unspecified atom stereocenters. The zero-order valence-electron chi connectivity index (χ0n) is 16.0. The Kier molecular flexibility index (Phi) is 5.34. The molecule has 1 atom stereocenters. The first-order chi connectivity index (χ1) is 14.1.